The van der Waals surface area contributed by atoms with Crippen molar-refractivity contribution in [3.63, 3.8) is 0 Å². The van der Waals surface area contributed by atoms with Gasteiger partial charge in [-0.2, -0.15) is 0 Å². The van der Waals surface area contributed by atoms with Crippen LogP contribution in [0.15, 0.2) is 24.3 Å². The van der Waals surface area contributed by atoms with Gasteiger partial charge in [-0.1, -0.05) is 38.3 Å². The van der Waals surface area contributed by atoms with E-state index >= 15 is 0 Å². The molecule has 3 rings (SSSR count). The lowest BCUT2D eigenvalue weighted by atomic mass is 9.84. The average molecular weight is 337 g/mol. The van der Waals surface area contributed by atoms with Crippen LogP contribution in [0.25, 0.3) is 0 Å². The van der Waals surface area contributed by atoms with Gasteiger partial charge in [0.05, 0.1) is 0 Å². The predicted molar refractivity (Wildman–Crippen MR) is 97.2 cm³/mol. The van der Waals surface area contributed by atoms with E-state index in [0.29, 0.717) is 12.5 Å². The molecule has 1 heterocycles. The molecule has 4 heteroatoms. The summed E-state index contributed by atoms with van der Waals surface area (Å²) in [4.78, 5) is 14.6. The molecule has 1 aromatic carbocycles. The van der Waals surface area contributed by atoms with Crippen molar-refractivity contribution in [1.29, 1.82) is 0 Å². The highest BCUT2D eigenvalue weighted by Crippen LogP contribution is 2.33. The topological polar surface area (TPSA) is 46.3 Å². The third-order valence-electron chi connectivity index (χ3n) is 5.57. The molecule has 1 saturated carbocycles. The molecular weight excluding hydrogens is 308 g/mol. The smallest absolute Gasteiger partial charge is 0.253 e. The maximum atomic E-state index is 12.6. The van der Waals surface area contributed by atoms with Crippen LogP contribution >= 0.6 is 12.4 Å². The summed E-state index contributed by atoms with van der Waals surface area (Å²) in [6.45, 7) is 4.44. The Morgan fingerprint density at radius 3 is 2.43 bits per heavy atom. The van der Waals surface area contributed by atoms with E-state index in [4.69, 9.17) is 5.73 Å². The Morgan fingerprint density at radius 2 is 1.87 bits per heavy atom. The van der Waals surface area contributed by atoms with Crippen LogP contribution in [0.2, 0.25) is 0 Å². The summed E-state index contributed by atoms with van der Waals surface area (Å²) in [6.07, 6.45) is 7.67. The second-order valence-electron chi connectivity index (χ2n) is 7.45. The highest BCUT2D eigenvalue weighted by molar-refractivity contribution is 5.94. The number of nitrogens with two attached hydrogens (primary N) is 1. The molecule has 128 valence electrons. The standard InChI is InChI=1S/C19H28N2O.ClH/c1-19(13-20)11-12-21(14-19)18(22)17-9-7-16(8-10-17)15-5-3-2-4-6-15;/h7-10,15H,2-6,11-14,20H2,1H3;1H. The minimum atomic E-state index is 0. The molecule has 1 aromatic rings. The summed E-state index contributed by atoms with van der Waals surface area (Å²) < 4.78 is 0. The van der Waals surface area contributed by atoms with E-state index in [0.717, 1.165) is 25.1 Å². The zero-order chi connectivity index (χ0) is 15.6. The largest absolute Gasteiger partial charge is 0.338 e. The Labute approximate surface area is 146 Å². The van der Waals surface area contributed by atoms with Crippen LogP contribution in [0.4, 0.5) is 0 Å². The summed E-state index contributed by atoms with van der Waals surface area (Å²) >= 11 is 0. The first-order valence-corrected chi connectivity index (χ1v) is 8.71. The SMILES string of the molecule is CC1(CN)CCN(C(=O)c2ccc(C3CCCCC3)cc2)C1.Cl. The second kappa shape index (κ2) is 7.67. The van der Waals surface area contributed by atoms with Crippen LogP contribution in [-0.4, -0.2) is 30.4 Å². The van der Waals surface area contributed by atoms with Crippen LogP contribution in [0.3, 0.4) is 0 Å². The molecule has 1 aliphatic heterocycles. The van der Waals surface area contributed by atoms with Crippen molar-refractivity contribution in [3.8, 4) is 0 Å². The van der Waals surface area contributed by atoms with Gasteiger partial charge in [-0.3, -0.25) is 4.79 Å². The number of amides is 1. The molecular formula is C19H29ClN2O. The third kappa shape index (κ3) is 4.07. The van der Waals surface area contributed by atoms with Gasteiger partial charge in [0.1, 0.15) is 0 Å². The van der Waals surface area contributed by atoms with Gasteiger partial charge in [0.25, 0.3) is 5.91 Å². The van der Waals surface area contributed by atoms with Crippen molar-refractivity contribution < 1.29 is 4.79 Å². The fraction of sp³-hybridized carbons (Fsp3) is 0.632. The minimum Gasteiger partial charge on any atom is -0.338 e. The molecule has 1 saturated heterocycles. The predicted octanol–water partition coefficient (Wildman–Crippen LogP) is 3.97. The van der Waals surface area contributed by atoms with Crippen LogP contribution in [0.5, 0.6) is 0 Å². The van der Waals surface area contributed by atoms with Crippen molar-refractivity contribution in [2.24, 2.45) is 11.1 Å². The Hall–Kier alpha value is -1.06. The summed E-state index contributed by atoms with van der Waals surface area (Å²) in [7, 11) is 0. The highest BCUT2D eigenvalue weighted by atomic mass is 35.5. The molecule has 3 nitrogen and oxygen atoms in total. The molecule has 1 atom stereocenters. The molecule has 0 radical (unpaired) electrons. The number of hydrogen-bond acceptors (Lipinski definition) is 2. The van der Waals surface area contributed by atoms with Crippen molar-refractivity contribution in [3.05, 3.63) is 35.4 Å². The zero-order valence-electron chi connectivity index (χ0n) is 14.1. The maximum Gasteiger partial charge on any atom is 0.253 e. The van der Waals surface area contributed by atoms with Gasteiger partial charge >= 0.3 is 0 Å². The number of nitrogens with zero attached hydrogens (tertiary/aromatic N) is 1. The van der Waals surface area contributed by atoms with Gasteiger partial charge in [-0.25, -0.2) is 0 Å². The minimum absolute atomic E-state index is 0. The van der Waals surface area contributed by atoms with Crippen LogP contribution in [-0.2, 0) is 0 Å². The first-order chi connectivity index (χ1) is 10.6. The molecule has 0 aromatic heterocycles. The first-order valence-electron chi connectivity index (χ1n) is 8.71. The van der Waals surface area contributed by atoms with E-state index in [1.807, 2.05) is 17.0 Å². The molecule has 23 heavy (non-hydrogen) atoms. The normalized spacial score (nSPS) is 25.2. The first kappa shape index (κ1) is 18.3. The lowest BCUT2D eigenvalue weighted by Gasteiger charge is -2.23. The van der Waals surface area contributed by atoms with E-state index in [9.17, 15) is 4.79 Å². The fourth-order valence-electron chi connectivity index (χ4n) is 3.88. The van der Waals surface area contributed by atoms with Gasteiger partial charge in [0.2, 0.25) is 0 Å². The van der Waals surface area contributed by atoms with Crippen molar-refractivity contribution in [2.75, 3.05) is 19.6 Å². The Bertz CT molecular complexity index is 525. The molecule has 2 N–H and O–H groups in total. The van der Waals surface area contributed by atoms with E-state index < -0.39 is 0 Å². The molecule has 1 aliphatic carbocycles. The lowest BCUT2D eigenvalue weighted by molar-refractivity contribution is 0.0777. The second-order valence-corrected chi connectivity index (χ2v) is 7.45. The average Bonchev–Trinajstić information content (AvgIpc) is 2.98. The summed E-state index contributed by atoms with van der Waals surface area (Å²) in [5.74, 6) is 0.859. The van der Waals surface area contributed by atoms with Crippen molar-refractivity contribution >= 4 is 18.3 Å². The number of rotatable bonds is 3. The summed E-state index contributed by atoms with van der Waals surface area (Å²) in [5.41, 5.74) is 8.16. The number of hydrogen-bond donors (Lipinski definition) is 1. The van der Waals surface area contributed by atoms with Gasteiger partial charge in [-0.15, -0.1) is 12.4 Å². The van der Waals surface area contributed by atoms with Crippen LogP contribution < -0.4 is 5.73 Å². The fourth-order valence-corrected chi connectivity index (χ4v) is 3.88. The lowest BCUT2D eigenvalue weighted by Crippen LogP contribution is -2.34. The summed E-state index contributed by atoms with van der Waals surface area (Å²) in [5, 5.41) is 0. The van der Waals surface area contributed by atoms with E-state index in [-0.39, 0.29) is 23.7 Å². The Balaban J connectivity index is 0.00000192. The van der Waals surface area contributed by atoms with E-state index in [1.54, 1.807) is 0 Å². The molecule has 0 spiro atoms. The molecule has 2 aliphatic rings. The Morgan fingerprint density at radius 1 is 1.22 bits per heavy atom. The molecule has 1 unspecified atom stereocenters. The number of halogens is 1. The summed E-state index contributed by atoms with van der Waals surface area (Å²) in [6, 6.07) is 8.37. The number of likely N-dealkylation sites (tertiary alicyclic amines) is 1. The van der Waals surface area contributed by atoms with Crippen molar-refractivity contribution in [2.45, 2.75) is 51.4 Å². The van der Waals surface area contributed by atoms with Gasteiger partial charge < -0.3 is 10.6 Å². The van der Waals surface area contributed by atoms with Gasteiger partial charge in [-0.05, 0) is 54.8 Å². The maximum absolute atomic E-state index is 12.6. The van der Waals surface area contributed by atoms with Crippen LogP contribution in [0.1, 0.15) is 67.3 Å². The Kier molecular flexibility index (Phi) is 6.10. The quantitative estimate of drug-likeness (QED) is 0.907. The van der Waals surface area contributed by atoms with E-state index in [2.05, 4.69) is 19.1 Å². The zero-order valence-corrected chi connectivity index (χ0v) is 14.9. The third-order valence-corrected chi connectivity index (χ3v) is 5.57. The molecule has 0 bridgehead atoms. The number of carbonyl (C=O) groups is 1. The molecule has 1 amide bonds. The molecule has 2 fully saturated rings. The van der Waals surface area contributed by atoms with Crippen LogP contribution in [0, 0.1) is 5.41 Å². The van der Waals surface area contributed by atoms with Gasteiger partial charge in [0.15, 0.2) is 0 Å². The number of benzene rings is 1. The highest BCUT2D eigenvalue weighted by Gasteiger charge is 2.35. The van der Waals surface area contributed by atoms with E-state index in [1.165, 1.54) is 37.7 Å². The number of carbonyl (C=O) groups excluding carboxylic acids is 1. The van der Waals surface area contributed by atoms with Crippen molar-refractivity contribution in [1.82, 2.24) is 4.90 Å². The monoisotopic (exact) mass is 336 g/mol. The van der Waals surface area contributed by atoms with Gasteiger partial charge in [0, 0.05) is 18.7 Å².